The molecule has 0 aliphatic carbocycles. The number of nitrogens with zero attached hydrogens (tertiary/aromatic N) is 1. The van der Waals surface area contributed by atoms with Gasteiger partial charge in [-0.1, -0.05) is 20.8 Å². The third-order valence-corrected chi connectivity index (χ3v) is 5.18. The molecule has 2 aliphatic heterocycles. The molecule has 0 aromatic heterocycles. The minimum Gasteiger partial charge on any atom is -0.464 e. The molecule has 1 fully saturated rings. The zero-order valence-electron chi connectivity index (χ0n) is 14.9. The number of ether oxygens (including phenoxy) is 2. The van der Waals surface area contributed by atoms with Gasteiger partial charge in [0.25, 0.3) is 5.91 Å². The minimum absolute atomic E-state index is 0.0811. The van der Waals surface area contributed by atoms with Crippen molar-refractivity contribution in [2.75, 3.05) is 19.5 Å². The van der Waals surface area contributed by atoms with E-state index in [2.05, 4.69) is 5.32 Å². The number of rotatable bonds is 4. The van der Waals surface area contributed by atoms with E-state index >= 15 is 0 Å². The number of thioether (sulfide) groups is 1. The van der Waals surface area contributed by atoms with Gasteiger partial charge in [-0.25, -0.2) is 4.79 Å². The monoisotopic (exact) mass is 370 g/mol. The molecule has 0 saturated carbocycles. The third-order valence-electron chi connectivity index (χ3n) is 3.84. The lowest BCUT2D eigenvalue weighted by Crippen LogP contribution is -2.71. The maximum absolute atomic E-state index is 12.5. The molecular formula is C16H22N2O6S. The lowest BCUT2D eigenvalue weighted by atomic mass is 9.94. The number of fused-ring (bicyclic) bond motifs is 1. The number of hydrogen-bond acceptors (Lipinski definition) is 7. The van der Waals surface area contributed by atoms with Crippen LogP contribution < -0.4 is 5.32 Å². The number of methoxy groups -OCH3 is 1. The first-order valence-corrected chi connectivity index (χ1v) is 8.82. The maximum atomic E-state index is 12.5. The molecule has 1 N–H and O–H groups in total. The molecule has 0 bridgehead atoms. The van der Waals surface area contributed by atoms with Gasteiger partial charge in [-0.2, -0.15) is 0 Å². The van der Waals surface area contributed by atoms with Crippen LogP contribution in [-0.2, 0) is 28.7 Å². The third kappa shape index (κ3) is 3.81. The highest BCUT2D eigenvalue weighted by Crippen LogP contribution is 2.41. The highest BCUT2D eigenvalue weighted by Gasteiger charge is 2.54. The van der Waals surface area contributed by atoms with E-state index in [1.165, 1.54) is 30.7 Å². The van der Waals surface area contributed by atoms with Crippen molar-refractivity contribution in [3.63, 3.8) is 0 Å². The van der Waals surface area contributed by atoms with Gasteiger partial charge in [-0.15, -0.1) is 11.8 Å². The van der Waals surface area contributed by atoms with Crippen molar-refractivity contribution in [3.05, 3.63) is 11.3 Å². The first-order chi connectivity index (χ1) is 11.6. The van der Waals surface area contributed by atoms with Crippen LogP contribution in [0.5, 0.6) is 0 Å². The van der Waals surface area contributed by atoms with E-state index in [0.29, 0.717) is 11.3 Å². The molecule has 0 aromatic rings. The van der Waals surface area contributed by atoms with E-state index in [-0.39, 0.29) is 29.5 Å². The fourth-order valence-corrected chi connectivity index (χ4v) is 3.75. The Kier molecular flexibility index (Phi) is 5.46. The first kappa shape index (κ1) is 19.3. The molecule has 2 amide bonds. The topological polar surface area (TPSA) is 102 Å². The molecule has 1 unspecified atom stereocenters. The SMILES string of the molecule is COC(=O)C1=C(COC(C)=O)CS[C@H]2C(NC(=O)C(C)(C)C)C(=O)N12. The van der Waals surface area contributed by atoms with Gasteiger partial charge in [-0.05, 0) is 0 Å². The van der Waals surface area contributed by atoms with E-state index in [4.69, 9.17) is 9.47 Å². The summed E-state index contributed by atoms with van der Waals surface area (Å²) < 4.78 is 9.73. The van der Waals surface area contributed by atoms with Crippen LogP contribution in [0.3, 0.4) is 0 Å². The fraction of sp³-hybridized carbons (Fsp3) is 0.625. The number of amides is 2. The molecule has 0 spiro atoms. The first-order valence-electron chi connectivity index (χ1n) is 7.77. The van der Waals surface area contributed by atoms with Crippen LogP contribution in [0.2, 0.25) is 0 Å². The van der Waals surface area contributed by atoms with Crippen LogP contribution in [0, 0.1) is 5.41 Å². The highest BCUT2D eigenvalue weighted by molar-refractivity contribution is 8.00. The van der Waals surface area contributed by atoms with Crippen LogP contribution in [-0.4, -0.2) is 59.5 Å². The van der Waals surface area contributed by atoms with Crippen molar-refractivity contribution in [1.29, 1.82) is 0 Å². The standard InChI is InChI=1S/C16H22N2O6S/c1-8(19)24-6-9-7-25-13-10(17-15(22)16(2,3)4)12(20)18(13)11(9)14(21)23-5/h10,13H,6-7H2,1-5H3,(H,17,22)/t10?,13-/m0/s1. The normalized spacial score (nSPS) is 22.8. The van der Waals surface area contributed by atoms with Crippen molar-refractivity contribution < 1.29 is 28.7 Å². The van der Waals surface area contributed by atoms with Gasteiger partial charge in [0.15, 0.2) is 0 Å². The number of β-lactam (4-membered cyclic amide) rings is 1. The molecule has 2 rings (SSSR count). The summed E-state index contributed by atoms with van der Waals surface area (Å²) in [6.07, 6.45) is 0. The molecule has 9 heteroatoms. The largest absolute Gasteiger partial charge is 0.464 e. The zero-order valence-corrected chi connectivity index (χ0v) is 15.7. The van der Waals surface area contributed by atoms with Gasteiger partial charge in [0, 0.05) is 23.7 Å². The molecule has 0 aromatic carbocycles. The highest BCUT2D eigenvalue weighted by atomic mass is 32.2. The average Bonchev–Trinajstić information content (AvgIpc) is 2.54. The Labute approximate surface area is 150 Å². The molecule has 25 heavy (non-hydrogen) atoms. The van der Waals surface area contributed by atoms with Crippen LogP contribution >= 0.6 is 11.8 Å². The molecule has 138 valence electrons. The van der Waals surface area contributed by atoms with E-state index in [1.807, 2.05) is 0 Å². The number of nitrogens with one attached hydrogen (secondary N) is 1. The molecule has 1 saturated heterocycles. The fourth-order valence-electron chi connectivity index (χ4n) is 2.43. The molecule has 0 radical (unpaired) electrons. The Morgan fingerprint density at radius 1 is 1.32 bits per heavy atom. The number of carbonyl (C=O) groups is 4. The molecule has 2 heterocycles. The summed E-state index contributed by atoms with van der Waals surface area (Å²) in [5, 5.41) is 2.36. The predicted octanol–water partition coefficient (Wildman–Crippen LogP) is 0.423. The summed E-state index contributed by atoms with van der Waals surface area (Å²) in [5.74, 6) is -1.36. The lowest BCUT2D eigenvalue weighted by molar-refractivity contribution is -0.152. The van der Waals surface area contributed by atoms with E-state index in [9.17, 15) is 19.2 Å². The van der Waals surface area contributed by atoms with Crippen molar-refractivity contribution in [3.8, 4) is 0 Å². The second kappa shape index (κ2) is 7.07. The Hall–Kier alpha value is -2.03. The molecular weight excluding hydrogens is 348 g/mol. The van der Waals surface area contributed by atoms with Crippen LogP contribution in [0.1, 0.15) is 27.7 Å². The van der Waals surface area contributed by atoms with Gasteiger partial charge in [0.1, 0.15) is 23.7 Å². The summed E-state index contributed by atoms with van der Waals surface area (Å²) in [4.78, 5) is 49.1. The molecule has 2 atom stereocenters. The van der Waals surface area contributed by atoms with Crippen LogP contribution in [0.4, 0.5) is 0 Å². The zero-order chi connectivity index (χ0) is 18.9. The average molecular weight is 370 g/mol. The minimum atomic E-state index is -0.688. The predicted molar refractivity (Wildman–Crippen MR) is 90.2 cm³/mol. The Balaban J connectivity index is 2.22. The van der Waals surface area contributed by atoms with Crippen molar-refractivity contribution in [2.45, 2.75) is 39.1 Å². The summed E-state index contributed by atoms with van der Waals surface area (Å²) in [6, 6.07) is -0.688. The quantitative estimate of drug-likeness (QED) is 0.565. The van der Waals surface area contributed by atoms with Gasteiger partial charge in [-0.3, -0.25) is 19.3 Å². The number of hydrogen-bond donors (Lipinski definition) is 1. The van der Waals surface area contributed by atoms with Crippen molar-refractivity contribution in [1.82, 2.24) is 10.2 Å². The van der Waals surface area contributed by atoms with E-state index in [1.54, 1.807) is 20.8 Å². The van der Waals surface area contributed by atoms with E-state index in [0.717, 1.165) is 0 Å². The van der Waals surface area contributed by atoms with E-state index < -0.39 is 23.4 Å². The van der Waals surface area contributed by atoms with Crippen LogP contribution in [0.15, 0.2) is 11.3 Å². The Bertz CT molecular complexity index is 652. The smallest absolute Gasteiger partial charge is 0.354 e. The van der Waals surface area contributed by atoms with Gasteiger partial charge in [0.05, 0.1) is 7.11 Å². The summed E-state index contributed by atoms with van der Waals surface area (Å²) in [7, 11) is 1.22. The van der Waals surface area contributed by atoms with Gasteiger partial charge in [0.2, 0.25) is 5.91 Å². The molecule has 8 nitrogen and oxygen atoms in total. The van der Waals surface area contributed by atoms with Gasteiger partial charge < -0.3 is 14.8 Å². The second-order valence-electron chi connectivity index (χ2n) is 6.83. The van der Waals surface area contributed by atoms with Crippen molar-refractivity contribution in [2.24, 2.45) is 5.41 Å². The second-order valence-corrected chi connectivity index (χ2v) is 7.94. The Morgan fingerprint density at radius 3 is 2.48 bits per heavy atom. The Morgan fingerprint density at radius 2 is 1.96 bits per heavy atom. The summed E-state index contributed by atoms with van der Waals surface area (Å²) in [5.41, 5.74) is -0.0161. The number of carbonyl (C=O) groups excluding carboxylic acids is 4. The van der Waals surface area contributed by atoms with Crippen LogP contribution in [0.25, 0.3) is 0 Å². The lowest BCUT2D eigenvalue weighted by Gasteiger charge is -2.50. The number of esters is 2. The van der Waals surface area contributed by atoms with Crippen molar-refractivity contribution >= 4 is 35.5 Å². The maximum Gasteiger partial charge on any atom is 0.354 e. The molecule has 2 aliphatic rings. The summed E-state index contributed by atoms with van der Waals surface area (Å²) in [6.45, 7) is 6.46. The van der Waals surface area contributed by atoms with Gasteiger partial charge >= 0.3 is 11.9 Å². The summed E-state index contributed by atoms with van der Waals surface area (Å²) >= 11 is 1.40.